The van der Waals surface area contributed by atoms with E-state index in [0.717, 1.165) is 28.6 Å². The van der Waals surface area contributed by atoms with Crippen LogP contribution in [-0.2, 0) is 17.1 Å². The van der Waals surface area contributed by atoms with Crippen molar-refractivity contribution in [2.75, 3.05) is 11.1 Å². The van der Waals surface area contributed by atoms with E-state index in [4.69, 9.17) is 11.6 Å². The summed E-state index contributed by atoms with van der Waals surface area (Å²) in [6, 6.07) is 22.3. The summed E-state index contributed by atoms with van der Waals surface area (Å²) >= 11 is 7.73. The summed E-state index contributed by atoms with van der Waals surface area (Å²) < 4.78 is 2.30. The van der Waals surface area contributed by atoms with E-state index in [1.54, 1.807) is 11.8 Å². The lowest BCUT2D eigenvalue weighted by Gasteiger charge is -2.07. The van der Waals surface area contributed by atoms with Crippen molar-refractivity contribution in [2.24, 2.45) is 0 Å². The third-order valence-electron chi connectivity index (χ3n) is 4.82. The number of benzene rings is 3. The summed E-state index contributed by atoms with van der Waals surface area (Å²) in [7, 11) is 0. The fourth-order valence-corrected chi connectivity index (χ4v) is 4.65. The Morgan fingerprint density at radius 1 is 1.00 bits per heavy atom. The second kappa shape index (κ2) is 8.29. The molecule has 3 nitrogen and oxygen atoms in total. The van der Waals surface area contributed by atoms with Crippen molar-refractivity contribution in [3.05, 3.63) is 77.3 Å². The van der Waals surface area contributed by atoms with Crippen LogP contribution in [0.5, 0.6) is 0 Å². The lowest BCUT2D eigenvalue weighted by molar-refractivity contribution is -0.113. The molecule has 0 unspecified atom stereocenters. The number of nitrogens with one attached hydrogen (secondary N) is 1. The highest BCUT2D eigenvalue weighted by Gasteiger charge is 2.11. The van der Waals surface area contributed by atoms with Crippen molar-refractivity contribution in [3.8, 4) is 0 Å². The standard InChI is InChI=1S/C23H21ClN2OS/c1-2-26-21-10-6-4-8-18(21)19-13-17(11-12-22(19)26)25-23(27)15-28-14-16-7-3-5-9-20(16)24/h3-13H,2,14-15H2,1H3,(H,25,27). The van der Waals surface area contributed by atoms with Gasteiger partial charge in [-0.1, -0.05) is 48.0 Å². The van der Waals surface area contributed by atoms with E-state index in [1.165, 1.54) is 21.8 Å². The van der Waals surface area contributed by atoms with Crippen molar-refractivity contribution in [1.82, 2.24) is 4.57 Å². The first kappa shape index (κ1) is 18.9. The van der Waals surface area contributed by atoms with Gasteiger partial charge in [0.2, 0.25) is 5.91 Å². The highest BCUT2D eigenvalue weighted by Crippen LogP contribution is 2.31. The van der Waals surface area contributed by atoms with E-state index in [2.05, 4.69) is 53.2 Å². The number of halogens is 1. The highest BCUT2D eigenvalue weighted by atomic mass is 35.5. The normalized spacial score (nSPS) is 11.2. The number of rotatable bonds is 6. The molecule has 0 saturated heterocycles. The molecule has 0 aliphatic rings. The van der Waals surface area contributed by atoms with Gasteiger partial charge < -0.3 is 9.88 Å². The van der Waals surface area contributed by atoms with Crippen molar-refractivity contribution in [3.63, 3.8) is 0 Å². The van der Waals surface area contributed by atoms with E-state index in [-0.39, 0.29) is 5.91 Å². The van der Waals surface area contributed by atoms with Crippen LogP contribution in [0.15, 0.2) is 66.7 Å². The Hall–Kier alpha value is -2.43. The van der Waals surface area contributed by atoms with Crippen LogP contribution in [0.4, 0.5) is 5.69 Å². The molecule has 4 rings (SSSR count). The minimum atomic E-state index is -0.00404. The molecule has 5 heteroatoms. The van der Waals surface area contributed by atoms with Gasteiger partial charge in [-0.05, 0) is 42.8 Å². The molecule has 1 amide bonds. The van der Waals surface area contributed by atoms with Crippen LogP contribution in [0.2, 0.25) is 5.02 Å². The molecule has 0 atom stereocenters. The molecule has 0 fully saturated rings. The van der Waals surface area contributed by atoms with Crippen LogP contribution in [0.3, 0.4) is 0 Å². The maximum atomic E-state index is 12.4. The average Bonchev–Trinajstić information content (AvgIpc) is 3.02. The molecule has 28 heavy (non-hydrogen) atoms. The molecular weight excluding hydrogens is 388 g/mol. The van der Waals surface area contributed by atoms with Crippen molar-refractivity contribution < 1.29 is 4.79 Å². The summed E-state index contributed by atoms with van der Waals surface area (Å²) in [4.78, 5) is 12.4. The lowest BCUT2D eigenvalue weighted by atomic mass is 10.1. The van der Waals surface area contributed by atoms with Gasteiger partial charge in [0.05, 0.1) is 5.75 Å². The Labute approximate surface area is 173 Å². The van der Waals surface area contributed by atoms with Gasteiger partial charge in [0.15, 0.2) is 0 Å². The highest BCUT2D eigenvalue weighted by molar-refractivity contribution is 7.99. The van der Waals surface area contributed by atoms with E-state index in [0.29, 0.717) is 5.75 Å². The van der Waals surface area contributed by atoms with Gasteiger partial charge in [-0.15, -0.1) is 11.8 Å². The summed E-state index contributed by atoms with van der Waals surface area (Å²) in [6.45, 7) is 3.06. The minimum absolute atomic E-state index is 0.00404. The fraction of sp³-hybridized carbons (Fsp3) is 0.174. The number of carbonyl (C=O) groups excluding carboxylic acids is 1. The zero-order valence-electron chi connectivity index (χ0n) is 15.6. The molecule has 1 heterocycles. The first-order valence-electron chi connectivity index (χ1n) is 9.29. The number of aromatic nitrogens is 1. The van der Waals surface area contributed by atoms with E-state index < -0.39 is 0 Å². The smallest absolute Gasteiger partial charge is 0.234 e. The summed E-state index contributed by atoms with van der Waals surface area (Å²) in [5.74, 6) is 1.10. The van der Waals surface area contributed by atoms with E-state index in [1.807, 2.05) is 30.3 Å². The van der Waals surface area contributed by atoms with Gasteiger partial charge in [-0.3, -0.25) is 4.79 Å². The number of para-hydroxylation sites is 1. The molecule has 1 N–H and O–H groups in total. The maximum absolute atomic E-state index is 12.4. The van der Waals surface area contributed by atoms with Crippen molar-refractivity contribution in [2.45, 2.75) is 19.2 Å². The number of fused-ring (bicyclic) bond motifs is 3. The van der Waals surface area contributed by atoms with Gasteiger partial charge in [-0.25, -0.2) is 0 Å². The third-order valence-corrected chi connectivity index (χ3v) is 6.17. The number of amides is 1. The monoisotopic (exact) mass is 408 g/mol. The summed E-state index contributed by atoms with van der Waals surface area (Å²) in [6.07, 6.45) is 0. The van der Waals surface area contributed by atoms with E-state index >= 15 is 0 Å². The summed E-state index contributed by atoms with van der Waals surface area (Å²) in [5.41, 5.74) is 4.29. The van der Waals surface area contributed by atoms with Crippen LogP contribution in [0, 0.1) is 0 Å². The molecule has 0 bridgehead atoms. The van der Waals surface area contributed by atoms with Crippen LogP contribution in [0.25, 0.3) is 21.8 Å². The largest absolute Gasteiger partial charge is 0.341 e. The molecule has 0 aliphatic carbocycles. The molecule has 0 radical (unpaired) electrons. The molecule has 3 aromatic carbocycles. The molecular formula is C23H21ClN2OS. The van der Waals surface area contributed by atoms with Crippen molar-refractivity contribution >= 4 is 56.8 Å². The SMILES string of the molecule is CCn1c2ccccc2c2cc(NC(=O)CSCc3ccccc3Cl)ccc21. The van der Waals surface area contributed by atoms with Gasteiger partial charge in [0.25, 0.3) is 0 Å². The third kappa shape index (κ3) is 3.75. The van der Waals surface area contributed by atoms with Crippen molar-refractivity contribution in [1.29, 1.82) is 0 Å². The predicted octanol–water partition coefficient (Wildman–Crippen LogP) is 6.34. The lowest BCUT2D eigenvalue weighted by Crippen LogP contribution is -2.14. The van der Waals surface area contributed by atoms with Crippen LogP contribution >= 0.6 is 23.4 Å². The van der Waals surface area contributed by atoms with Gasteiger partial charge in [0.1, 0.15) is 0 Å². The number of aryl methyl sites for hydroxylation is 1. The molecule has 0 saturated carbocycles. The van der Waals surface area contributed by atoms with E-state index in [9.17, 15) is 4.79 Å². The molecule has 1 aromatic heterocycles. The minimum Gasteiger partial charge on any atom is -0.341 e. The Balaban J connectivity index is 1.48. The molecule has 0 aliphatic heterocycles. The van der Waals surface area contributed by atoms with Crippen LogP contribution in [0.1, 0.15) is 12.5 Å². The van der Waals surface area contributed by atoms with Crippen LogP contribution < -0.4 is 5.32 Å². The van der Waals surface area contributed by atoms with Crippen LogP contribution in [-0.4, -0.2) is 16.2 Å². The number of anilines is 1. The molecule has 142 valence electrons. The molecule has 4 aromatic rings. The Kier molecular flexibility index (Phi) is 5.60. The second-order valence-corrected chi connectivity index (χ2v) is 8.02. The number of hydrogen-bond donors (Lipinski definition) is 1. The molecule has 0 spiro atoms. The van der Waals surface area contributed by atoms with Gasteiger partial charge >= 0.3 is 0 Å². The first-order chi connectivity index (χ1) is 13.7. The Morgan fingerprint density at radius 2 is 1.75 bits per heavy atom. The first-order valence-corrected chi connectivity index (χ1v) is 10.8. The topological polar surface area (TPSA) is 34.0 Å². The zero-order valence-corrected chi connectivity index (χ0v) is 17.2. The van der Waals surface area contributed by atoms with Gasteiger partial charge in [0, 0.05) is 44.8 Å². The Morgan fingerprint density at radius 3 is 2.57 bits per heavy atom. The maximum Gasteiger partial charge on any atom is 0.234 e. The number of thioether (sulfide) groups is 1. The second-order valence-electron chi connectivity index (χ2n) is 6.63. The average molecular weight is 409 g/mol. The predicted molar refractivity (Wildman–Crippen MR) is 121 cm³/mol. The summed E-state index contributed by atoms with van der Waals surface area (Å²) in [5, 5.41) is 6.15. The number of hydrogen-bond acceptors (Lipinski definition) is 2. The number of nitrogens with zero attached hydrogens (tertiary/aromatic N) is 1. The fourth-order valence-electron chi connectivity index (χ4n) is 3.54. The number of carbonyl (C=O) groups is 1. The Bertz CT molecular complexity index is 1150. The van der Waals surface area contributed by atoms with Gasteiger partial charge in [-0.2, -0.15) is 0 Å². The quantitative estimate of drug-likeness (QED) is 0.404. The zero-order chi connectivity index (χ0) is 19.5.